The molecule has 0 bridgehead atoms. The molecule has 0 unspecified atom stereocenters. The van der Waals surface area contributed by atoms with Crippen LogP contribution >= 0.6 is 11.3 Å². The fraction of sp³-hybridized carbons (Fsp3) is 0.167. The van der Waals surface area contributed by atoms with Gasteiger partial charge < -0.3 is 10.1 Å². The van der Waals surface area contributed by atoms with E-state index in [4.69, 9.17) is 4.74 Å². The number of para-hydroxylation sites is 1. The van der Waals surface area contributed by atoms with E-state index in [0.29, 0.717) is 24.4 Å². The zero-order valence-corrected chi connectivity index (χ0v) is 20.1. The second-order valence-electron chi connectivity index (χ2n) is 7.42. The van der Waals surface area contributed by atoms with Crippen molar-refractivity contribution in [2.75, 3.05) is 24.5 Å². The number of nitrogens with zero attached hydrogens (tertiary/aromatic N) is 3. The van der Waals surface area contributed by atoms with E-state index >= 15 is 0 Å². The highest BCUT2D eigenvalue weighted by atomic mass is 32.2. The lowest BCUT2D eigenvalue weighted by Gasteiger charge is -2.18. The fourth-order valence-corrected chi connectivity index (χ4v) is 5.55. The molecule has 10 heteroatoms. The Morgan fingerprint density at radius 3 is 2.56 bits per heavy atom. The van der Waals surface area contributed by atoms with E-state index in [1.54, 1.807) is 52.7 Å². The normalized spacial score (nSPS) is 11.2. The number of hydrogen-bond acceptors (Lipinski definition) is 6. The smallest absolute Gasteiger partial charge is 0.273 e. The van der Waals surface area contributed by atoms with Crippen LogP contribution in [0.25, 0.3) is 5.69 Å². The van der Waals surface area contributed by atoms with Crippen molar-refractivity contribution in [3.8, 4) is 11.4 Å². The van der Waals surface area contributed by atoms with Crippen LogP contribution in [-0.4, -0.2) is 44.3 Å². The number of benzene rings is 2. The summed E-state index contributed by atoms with van der Waals surface area (Å²) in [6.45, 7) is 0.332. The van der Waals surface area contributed by atoms with E-state index in [-0.39, 0.29) is 16.7 Å². The molecule has 8 nitrogen and oxygen atoms in total. The minimum Gasteiger partial charge on any atom is -0.484 e. The summed E-state index contributed by atoms with van der Waals surface area (Å²) in [6.07, 6.45) is 4.38. The SMILES string of the molecule is CN(c1ccc(OCC(=O)NCCc2cnn(-c3ccccc3)c2)cc1)S(=O)(=O)c1cccs1. The maximum absolute atomic E-state index is 12.6. The van der Waals surface area contributed by atoms with Gasteiger partial charge in [-0.15, -0.1) is 11.3 Å². The van der Waals surface area contributed by atoms with Gasteiger partial charge in [-0.3, -0.25) is 9.10 Å². The molecule has 0 aliphatic carbocycles. The number of hydrogen-bond donors (Lipinski definition) is 1. The Morgan fingerprint density at radius 2 is 1.85 bits per heavy atom. The van der Waals surface area contributed by atoms with Crippen LogP contribution in [0.5, 0.6) is 5.75 Å². The summed E-state index contributed by atoms with van der Waals surface area (Å²) < 4.78 is 34.1. The van der Waals surface area contributed by atoms with Gasteiger partial charge in [0.25, 0.3) is 15.9 Å². The zero-order valence-electron chi connectivity index (χ0n) is 18.5. The van der Waals surface area contributed by atoms with Crippen LogP contribution in [0.2, 0.25) is 0 Å². The number of anilines is 1. The molecule has 0 saturated carbocycles. The first-order chi connectivity index (χ1) is 16.4. The molecule has 0 saturated heterocycles. The quantitative estimate of drug-likeness (QED) is 0.363. The molecule has 2 aromatic carbocycles. The predicted octanol–water partition coefficient (Wildman–Crippen LogP) is 3.50. The average Bonchev–Trinajstić information content (AvgIpc) is 3.56. The van der Waals surface area contributed by atoms with Crippen LogP contribution in [0.4, 0.5) is 5.69 Å². The van der Waals surface area contributed by atoms with E-state index < -0.39 is 10.0 Å². The Kier molecular flexibility index (Phi) is 7.29. The van der Waals surface area contributed by atoms with Crippen LogP contribution < -0.4 is 14.4 Å². The minimum atomic E-state index is -3.59. The van der Waals surface area contributed by atoms with Crippen LogP contribution in [0, 0.1) is 0 Å². The topological polar surface area (TPSA) is 93.5 Å². The molecule has 34 heavy (non-hydrogen) atoms. The van der Waals surface area contributed by atoms with Crippen molar-refractivity contribution >= 4 is 33.0 Å². The van der Waals surface area contributed by atoms with Crippen molar-refractivity contribution in [2.45, 2.75) is 10.6 Å². The molecule has 0 atom stereocenters. The molecular weight excluding hydrogens is 472 g/mol. The van der Waals surface area contributed by atoms with E-state index in [1.165, 1.54) is 22.7 Å². The first kappa shape index (κ1) is 23.5. The summed E-state index contributed by atoms with van der Waals surface area (Å²) in [6, 6.07) is 19.6. The average molecular weight is 497 g/mol. The third-order valence-electron chi connectivity index (χ3n) is 5.07. The van der Waals surface area contributed by atoms with Gasteiger partial charge in [-0.2, -0.15) is 5.10 Å². The van der Waals surface area contributed by atoms with Gasteiger partial charge in [0.2, 0.25) is 0 Å². The molecule has 0 radical (unpaired) electrons. The van der Waals surface area contributed by atoms with E-state index in [2.05, 4.69) is 10.4 Å². The third kappa shape index (κ3) is 5.64. The zero-order chi connectivity index (χ0) is 24.0. The summed E-state index contributed by atoms with van der Waals surface area (Å²) in [5.41, 5.74) is 2.50. The van der Waals surface area contributed by atoms with Gasteiger partial charge in [-0.05, 0) is 59.8 Å². The summed E-state index contributed by atoms with van der Waals surface area (Å²) in [4.78, 5) is 12.1. The first-order valence-corrected chi connectivity index (χ1v) is 12.9. The second-order valence-corrected chi connectivity index (χ2v) is 10.6. The van der Waals surface area contributed by atoms with E-state index in [0.717, 1.165) is 11.3 Å². The Bertz CT molecular complexity index is 1320. The second kappa shape index (κ2) is 10.5. The summed E-state index contributed by atoms with van der Waals surface area (Å²) in [5, 5.41) is 8.90. The highest BCUT2D eigenvalue weighted by molar-refractivity contribution is 7.94. The van der Waals surface area contributed by atoms with Crippen molar-refractivity contribution in [3.05, 3.63) is 90.1 Å². The standard InChI is InChI=1S/C24H24N4O4S2/c1-27(34(30,31)24-8-5-15-33-24)20-9-11-22(12-10-20)32-18-23(29)25-14-13-19-16-26-28(17-19)21-6-3-2-4-7-21/h2-12,15-17H,13-14,18H2,1H3,(H,25,29). The van der Waals surface area contributed by atoms with Gasteiger partial charge >= 0.3 is 0 Å². The molecule has 0 aliphatic rings. The fourth-order valence-electron chi connectivity index (χ4n) is 3.19. The summed E-state index contributed by atoms with van der Waals surface area (Å²) in [5.74, 6) is 0.238. The highest BCUT2D eigenvalue weighted by Crippen LogP contribution is 2.26. The lowest BCUT2D eigenvalue weighted by atomic mass is 10.2. The Balaban J connectivity index is 1.22. The largest absolute Gasteiger partial charge is 0.484 e. The van der Waals surface area contributed by atoms with Crippen LogP contribution in [0.15, 0.2) is 88.7 Å². The van der Waals surface area contributed by atoms with Gasteiger partial charge in [0.1, 0.15) is 9.96 Å². The Morgan fingerprint density at radius 1 is 1.09 bits per heavy atom. The number of thiophene rings is 1. The molecule has 1 N–H and O–H groups in total. The molecule has 0 aliphatic heterocycles. The maximum Gasteiger partial charge on any atom is 0.273 e. The molecule has 176 valence electrons. The molecule has 2 aromatic heterocycles. The molecule has 2 heterocycles. The molecule has 0 spiro atoms. The lowest BCUT2D eigenvalue weighted by Crippen LogP contribution is -2.30. The van der Waals surface area contributed by atoms with Gasteiger partial charge in [0.15, 0.2) is 6.61 Å². The Hall–Kier alpha value is -3.63. The molecular formula is C24H24N4O4S2. The molecule has 4 rings (SSSR count). The highest BCUT2D eigenvalue weighted by Gasteiger charge is 2.22. The number of ether oxygens (including phenoxy) is 1. The van der Waals surface area contributed by atoms with Gasteiger partial charge in [-0.1, -0.05) is 24.3 Å². The number of carbonyl (C=O) groups excluding carboxylic acids is 1. The molecule has 4 aromatic rings. The maximum atomic E-state index is 12.6. The summed E-state index contributed by atoms with van der Waals surface area (Å²) in [7, 11) is -2.09. The minimum absolute atomic E-state index is 0.133. The number of carbonyl (C=O) groups is 1. The first-order valence-electron chi connectivity index (χ1n) is 10.5. The number of amides is 1. The number of aromatic nitrogens is 2. The number of nitrogens with one attached hydrogen (secondary N) is 1. The van der Waals surface area contributed by atoms with Crippen LogP contribution in [0.1, 0.15) is 5.56 Å². The van der Waals surface area contributed by atoms with Crippen LogP contribution in [0.3, 0.4) is 0 Å². The van der Waals surface area contributed by atoms with Crippen molar-refractivity contribution in [1.82, 2.24) is 15.1 Å². The summed E-state index contributed by atoms with van der Waals surface area (Å²) >= 11 is 1.17. The third-order valence-corrected chi connectivity index (χ3v) is 8.23. The monoisotopic (exact) mass is 496 g/mol. The van der Waals surface area contributed by atoms with Gasteiger partial charge in [-0.25, -0.2) is 13.1 Å². The predicted molar refractivity (Wildman–Crippen MR) is 132 cm³/mol. The van der Waals surface area contributed by atoms with Gasteiger partial charge in [0, 0.05) is 19.8 Å². The Labute approximate surface area is 202 Å². The lowest BCUT2D eigenvalue weighted by molar-refractivity contribution is -0.123. The van der Waals surface area contributed by atoms with E-state index in [1.807, 2.05) is 36.5 Å². The van der Waals surface area contributed by atoms with Crippen molar-refractivity contribution < 1.29 is 17.9 Å². The number of sulfonamides is 1. The van der Waals surface area contributed by atoms with Crippen molar-refractivity contribution in [1.29, 1.82) is 0 Å². The number of rotatable bonds is 10. The van der Waals surface area contributed by atoms with Crippen molar-refractivity contribution in [2.24, 2.45) is 0 Å². The van der Waals surface area contributed by atoms with Crippen LogP contribution in [-0.2, 0) is 21.2 Å². The molecule has 1 amide bonds. The molecule has 0 fully saturated rings. The van der Waals surface area contributed by atoms with Gasteiger partial charge in [0.05, 0.1) is 17.6 Å². The van der Waals surface area contributed by atoms with E-state index in [9.17, 15) is 13.2 Å². The van der Waals surface area contributed by atoms with Crippen molar-refractivity contribution in [3.63, 3.8) is 0 Å².